The molecule has 2 unspecified atom stereocenters. The van der Waals surface area contributed by atoms with Crippen molar-refractivity contribution in [2.75, 3.05) is 5.73 Å². The maximum absolute atomic E-state index is 13.0. The van der Waals surface area contributed by atoms with Crippen molar-refractivity contribution < 1.29 is 17.8 Å². The van der Waals surface area contributed by atoms with Crippen molar-refractivity contribution in [3.05, 3.63) is 34.3 Å². The first-order valence-corrected chi connectivity index (χ1v) is 6.10. The van der Waals surface area contributed by atoms with E-state index in [2.05, 4.69) is 4.98 Å². The number of nitrogens with two attached hydrogens (primary N) is 1. The number of carbonyl (C=O) groups is 2. The third-order valence-electron chi connectivity index (χ3n) is 3.25. The molecule has 1 saturated carbocycles. The van der Waals surface area contributed by atoms with Gasteiger partial charge in [-0.25, -0.2) is 4.98 Å². The average molecular weight is 291 g/mol. The summed E-state index contributed by atoms with van der Waals surface area (Å²) < 4.78 is 47.5. The molecule has 1 aromatic carbocycles. The number of aromatic nitrogens is 2. The highest BCUT2D eigenvalue weighted by Crippen LogP contribution is 2.24. The lowest BCUT2D eigenvalue weighted by atomic mass is 9.92. The standard InChI is InChI=1S/C15H15N3O3/c1-8-17-11-4-2-3-10(16)14(11)15(21)18(8)12-6-5-9(19)7-13(12)20/h2-4,12H,5-7,16H2,1H3/i1D,2D,3D,5D2,6D. The van der Waals surface area contributed by atoms with Crippen LogP contribution in [0.4, 0.5) is 5.69 Å². The summed E-state index contributed by atoms with van der Waals surface area (Å²) >= 11 is 0. The number of hydrogen-bond donors (Lipinski definition) is 1. The van der Waals surface area contributed by atoms with E-state index in [0.717, 1.165) is 10.6 Å². The van der Waals surface area contributed by atoms with Crippen LogP contribution in [0.15, 0.2) is 22.9 Å². The summed E-state index contributed by atoms with van der Waals surface area (Å²) in [5, 5.41) is -0.245. The average Bonchev–Trinajstić information content (AvgIpc) is 2.59. The number of nitrogens with zero attached hydrogens (tertiary/aromatic N) is 2. The summed E-state index contributed by atoms with van der Waals surface area (Å²) in [6.45, 7) is -0.561. The van der Waals surface area contributed by atoms with Crippen LogP contribution in [0.25, 0.3) is 10.9 Å². The molecule has 0 saturated heterocycles. The molecule has 0 amide bonds. The predicted molar refractivity (Wildman–Crippen MR) is 78.1 cm³/mol. The van der Waals surface area contributed by atoms with E-state index in [-0.39, 0.29) is 28.5 Å². The number of hydrogen-bond acceptors (Lipinski definition) is 5. The maximum Gasteiger partial charge on any atom is 0.264 e. The zero-order valence-corrected chi connectivity index (χ0v) is 10.8. The molecule has 2 atom stereocenters. The van der Waals surface area contributed by atoms with Crippen molar-refractivity contribution >= 4 is 28.2 Å². The van der Waals surface area contributed by atoms with E-state index >= 15 is 0 Å². The number of anilines is 1. The predicted octanol–water partition coefficient (Wildman–Crippen LogP) is 1.15. The second-order valence-electron chi connectivity index (χ2n) is 4.61. The molecule has 2 aromatic rings. The molecule has 0 radical (unpaired) electrons. The van der Waals surface area contributed by atoms with Gasteiger partial charge in [0.15, 0.2) is 5.78 Å². The van der Waals surface area contributed by atoms with Crippen LogP contribution in [0, 0.1) is 6.90 Å². The Kier molecular flexibility index (Phi) is 1.84. The summed E-state index contributed by atoms with van der Waals surface area (Å²) in [6, 6.07) is -1.18. The molecule has 21 heavy (non-hydrogen) atoms. The quantitative estimate of drug-likeness (QED) is 0.628. The van der Waals surface area contributed by atoms with Gasteiger partial charge in [-0.3, -0.25) is 19.0 Å². The molecule has 1 aliphatic rings. The molecule has 1 aromatic heterocycles. The lowest BCUT2D eigenvalue weighted by Gasteiger charge is -2.24. The summed E-state index contributed by atoms with van der Waals surface area (Å²) in [4.78, 5) is 41.3. The SMILES string of the molecule is [2H]Cc1nc2cc([2H])c([2H])c(N)c2c(=O)n1C1C(=O)CC(=O)C([2H])([2H])C1[2H]. The Hall–Kier alpha value is -2.50. The molecule has 1 fully saturated rings. The molecule has 1 heterocycles. The Balaban J connectivity index is 2.37. The van der Waals surface area contributed by atoms with Crippen LogP contribution in [0.3, 0.4) is 0 Å². The maximum atomic E-state index is 13.0. The van der Waals surface area contributed by atoms with Gasteiger partial charge < -0.3 is 5.73 Å². The zero-order chi connectivity index (χ0) is 20.3. The van der Waals surface area contributed by atoms with E-state index in [0.29, 0.717) is 0 Å². The fourth-order valence-corrected chi connectivity index (χ4v) is 2.28. The number of aryl methyl sites for hydroxylation is 1. The van der Waals surface area contributed by atoms with Crippen molar-refractivity contribution in [1.29, 1.82) is 0 Å². The number of rotatable bonds is 1. The summed E-state index contributed by atoms with van der Waals surface area (Å²) in [7, 11) is 0. The highest BCUT2D eigenvalue weighted by molar-refractivity contribution is 6.03. The number of fused-ring (bicyclic) bond motifs is 1. The highest BCUT2D eigenvalue weighted by atomic mass is 16.2. The Morgan fingerprint density at radius 3 is 3.10 bits per heavy atom. The number of carbonyl (C=O) groups excluding carboxylic acids is 2. The lowest BCUT2D eigenvalue weighted by molar-refractivity contribution is -0.132. The fourth-order valence-electron chi connectivity index (χ4n) is 2.28. The molecule has 6 heteroatoms. The van der Waals surface area contributed by atoms with Gasteiger partial charge in [0.2, 0.25) is 0 Å². The Labute approximate surface area is 129 Å². The van der Waals surface area contributed by atoms with Crippen molar-refractivity contribution in [2.24, 2.45) is 0 Å². The van der Waals surface area contributed by atoms with Gasteiger partial charge in [-0.2, -0.15) is 0 Å². The zero-order valence-electron chi connectivity index (χ0n) is 16.8. The number of benzene rings is 1. The van der Waals surface area contributed by atoms with Gasteiger partial charge in [-0.05, 0) is 25.4 Å². The molecule has 2 N–H and O–H groups in total. The second-order valence-corrected chi connectivity index (χ2v) is 4.61. The van der Waals surface area contributed by atoms with Crippen LogP contribution >= 0.6 is 0 Å². The van der Waals surface area contributed by atoms with E-state index in [1.165, 1.54) is 0 Å². The largest absolute Gasteiger partial charge is 0.398 e. The third kappa shape index (κ3) is 2.12. The van der Waals surface area contributed by atoms with Crippen LogP contribution in [0.5, 0.6) is 0 Å². The topological polar surface area (TPSA) is 95.0 Å². The molecular weight excluding hydrogens is 270 g/mol. The number of nitrogen functional groups attached to an aromatic ring is 1. The van der Waals surface area contributed by atoms with Gasteiger partial charge in [-0.15, -0.1) is 0 Å². The number of ketones is 2. The first-order chi connectivity index (χ1) is 12.5. The van der Waals surface area contributed by atoms with Gasteiger partial charge in [0.05, 0.1) is 26.1 Å². The Morgan fingerprint density at radius 2 is 2.33 bits per heavy atom. The van der Waals surface area contributed by atoms with Gasteiger partial charge in [0.1, 0.15) is 11.6 Å². The van der Waals surface area contributed by atoms with Gasteiger partial charge in [-0.1, -0.05) is 6.04 Å². The summed E-state index contributed by atoms with van der Waals surface area (Å²) in [5.74, 6) is -2.08. The normalized spacial score (nSPS) is 29.1. The summed E-state index contributed by atoms with van der Waals surface area (Å²) in [6.07, 6.45) is -5.33. The molecule has 0 spiro atoms. The van der Waals surface area contributed by atoms with Crippen molar-refractivity contribution in [2.45, 2.75) is 32.1 Å². The minimum absolute atomic E-state index is 0.0270. The monoisotopic (exact) mass is 291 g/mol. The number of Topliss-reactive ketones (excluding diaryl/α,β-unsaturated/α-hetero) is 2. The minimum Gasteiger partial charge on any atom is -0.398 e. The van der Waals surface area contributed by atoms with Gasteiger partial charge in [0.25, 0.3) is 5.56 Å². The van der Waals surface area contributed by atoms with E-state index in [9.17, 15) is 14.4 Å². The first kappa shape index (κ1) is 8.07. The van der Waals surface area contributed by atoms with E-state index in [1.54, 1.807) is 0 Å². The van der Waals surface area contributed by atoms with Crippen molar-refractivity contribution in [3.8, 4) is 0 Å². The van der Waals surface area contributed by atoms with Crippen molar-refractivity contribution in [1.82, 2.24) is 9.55 Å². The van der Waals surface area contributed by atoms with E-state index < -0.39 is 55.3 Å². The second kappa shape index (κ2) is 4.80. The molecule has 1 aliphatic carbocycles. The van der Waals surface area contributed by atoms with E-state index in [1.807, 2.05) is 0 Å². The van der Waals surface area contributed by atoms with Crippen LogP contribution < -0.4 is 11.3 Å². The minimum atomic E-state index is -2.65. The molecule has 0 bridgehead atoms. The fraction of sp³-hybridized carbons (Fsp3) is 0.333. The molecule has 3 rings (SSSR count). The molecular formula is C15H15N3O3. The Morgan fingerprint density at radius 1 is 1.52 bits per heavy atom. The molecule has 0 aliphatic heterocycles. The van der Waals surface area contributed by atoms with Gasteiger partial charge in [0, 0.05) is 17.5 Å². The summed E-state index contributed by atoms with van der Waals surface area (Å²) in [5.41, 5.74) is 4.52. The lowest BCUT2D eigenvalue weighted by Crippen LogP contribution is -2.36. The van der Waals surface area contributed by atoms with Crippen LogP contribution in [0.1, 0.15) is 39.3 Å². The van der Waals surface area contributed by atoms with Gasteiger partial charge >= 0.3 is 0 Å². The van der Waals surface area contributed by atoms with Crippen molar-refractivity contribution in [3.63, 3.8) is 0 Å². The first-order valence-electron chi connectivity index (χ1n) is 9.39. The smallest absolute Gasteiger partial charge is 0.264 e. The van der Waals surface area contributed by atoms with Crippen LogP contribution in [-0.2, 0) is 9.59 Å². The van der Waals surface area contributed by atoms with E-state index in [4.69, 9.17) is 14.0 Å². The molecule has 6 nitrogen and oxygen atoms in total. The van der Waals surface area contributed by atoms with Crippen LogP contribution in [-0.4, -0.2) is 21.1 Å². The highest BCUT2D eigenvalue weighted by Gasteiger charge is 2.30. The Bertz CT molecular complexity index is 1050. The third-order valence-corrected chi connectivity index (χ3v) is 3.25. The van der Waals surface area contributed by atoms with Crippen LogP contribution in [0.2, 0.25) is 0 Å². The molecule has 108 valence electrons.